The van der Waals surface area contributed by atoms with E-state index in [1.165, 1.54) is 37.4 Å². The van der Waals surface area contributed by atoms with Gasteiger partial charge in [0, 0.05) is 23.5 Å². The van der Waals surface area contributed by atoms with Gasteiger partial charge in [-0.3, -0.25) is 0 Å². The molecule has 6 nitrogen and oxygen atoms in total. The van der Waals surface area contributed by atoms with E-state index in [2.05, 4.69) is 10.00 Å². The molecule has 2 aromatic carbocycles. The molecule has 1 aliphatic heterocycles. The second-order valence-corrected chi connectivity index (χ2v) is 9.28. The Hall–Kier alpha value is -2.39. The highest BCUT2D eigenvalue weighted by molar-refractivity contribution is 7.90. The molecule has 160 valence electrons. The summed E-state index contributed by atoms with van der Waals surface area (Å²) in [4.78, 5) is 2.01. The predicted molar refractivity (Wildman–Crippen MR) is 111 cm³/mol. The molecule has 4 rings (SSSR count). The summed E-state index contributed by atoms with van der Waals surface area (Å²) in [5, 5.41) is 4.01. The van der Waals surface area contributed by atoms with Crippen LogP contribution < -0.4 is 9.64 Å². The number of anilines is 1. The molecule has 0 bridgehead atoms. The summed E-state index contributed by atoms with van der Waals surface area (Å²) in [6.07, 6.45) is 0.193. The number of hydrogen-bond acceptors (Lipinski definition) is 5. The summed E-state index contributed by atoms with van der Waals surface area (Å²) in [7, 11) is -2.73. The van der Waals surface area contributed by atoms with Crippen molar-refractivity contribution in [3.05, 3.63) is 47.1 Å². The van der Waals surface area contributed by atoms with Crippen molar-refractivity contribution in [1.82, 2.24) is 9.19 Å². The molecule has 1 saturated heterocycles. The lowest BCUT2D eigenvalue weighted by molar-refractivity contribution is 0.147. The van der Waals surface area contributed by atoms with Gasteiger partial charge in [0.05, 0.1) is 23.2 Å². The molecule has 0 radical (unpaired) electrons. The highest BCUT2D eigenvalue weighted by Gasteiger charge is 2.28. The minimum Gasteiger partial charge on any atom is -0.495 e. The van der Waals surface area contributed by atoms with E-state index < -0.39 is 22.1 Å². The lowest BCUT2D eigenvalue weighted by Gasteiger charge is -2.30. The van der Waals surface area contributed by atoms with Crippen molar-refractivity contribution in [2.24, 2.45) is 0 Å². The van der Waals surface area contributed by atoms with Crippen molar-refractivity contribution in [2.45, 2.75) is 30.6 Å². The lowest BCUT2D eigenvalue weighted by atomic mass is 10.1. The van der Waals surface area contributed by atoms with Gasteiger partial charge in [0.25, 0.3) is 16.4 Å². The van der Waals surface area contributed by atoms with Crippen LogP contribution in [0.25, 0.3) is 10.9 Å². The summed E-state index contributed by atoms with van der Waals surface area (Å²) in [5.41, 5.74) is 0.0602. The number of rotatable bonds is 5. The maximum Gasteiger partial charge on any atom is 0.283 e. The average molecular weight is 456 g/mol. The van der Waals surface area contributed by atoms with Gasteiger partial charge in [-0.2, -0.15) is 17.6 Å². The Labute approximate surface area is 178 Å². The number of hydrogen-bond donors (Lipinski definition) is 0. The molecule has 0 N–H and O–H groups in total. The number of nitrogens with zero attached hydrogens (tertiary/aromatic N) is 3. The van der Waals surface area contributed by atoms with Gasteiger partial charge >= 0.3 is 0 Å². The van der Waals surface area contributed by atoms with Crippen molar-refractivity contribution < 1.29 is 21.9 Å². The second kappa shape index (κ2) is 8.03. The van der Waals surface area contributed by atoms with Crippen molar-refractivity contribution in [3.8, 4) is 5.75 Å². The van der Waals surface area contributed by atoms with Crippen molar-refractivity contribution in [3.63, 3.8) is 0 Å². The van der Waals surface area contributed by atoms with Gasteiger partial charge in [-0.25, -0.2) is 8.78 Å². The van der Waals surface area contributed by atoms with Gasteiger partial charge in [0.15, 0.2) is 0 Å². The van der Waals surface area contributed by atoms with Gasteiger partial charge in [-0.1, -0.05) is 11.6 Å². The Morgan fingerprint density at radius 3 is 2.50 bits per heavy atom. The van der Waals surface area contributed by atoms with E-state index in [9.17, 15) is 17.2 Å². The number of methoxy groups -OCH3 is 1. The predicted octanol–water partition coefficient (Wildman–Crippen LogP) is 4.86. The Bertz CT molecular complexity index is 1190. The molecule has 3 aromatic rings. The van der Waals surface area contributed by atoms with E-state index in [4.69, 9.17) is 16.3 Å². The Morgan fingerprint density at radius 2 is 1.83 bits per heavy atom. The molecule has 0 saturated carbocycles. The highest BCUT2D eigenvalue weighted by atomic mass is 35.5. The number of ether oxygens (including phenoxy) is 1. The molecule has 10 heteroatoms. The monoisotopic (exact) mass is 455 g/mol. The number of alkyl halides is 2. The Balaban J connectivity index is 1.87. The van der Waals surface area contributed by atoms with Crippen molar-refractivity contribution >= 4 is 38.2 Å². The molecule has 0 atom stereocenters. The first kappa shape index (κ1) is 20.9. The fourth-order valence-corrected chi connectivity index (χ4v) is 5.21. The number of piperidine rings is 1. The SMILES string of the molecule is COc1ccc(S(=O)(=O)n2nc(C(F)F)c3ccc(Cl)cc32)cc1N1CCCCC1. The number of benzene rings is 2. The molecule has 1 aromatic heterocycles. The Morgan fingerprint density at radius 1 is 1.10 bits per heavy atom. The van der Waals surface area contributed by atoms with Crippen LogP contribution in [0.2, 0.25) is 5.02 Å². The molecule has 0 unspecified atom stereocenters. The molecular formula is C20H20ClF2N3O3S. The van der Waals surface area contributed by atoms with E-state index >= 15 is 0 Å². The molecule has 1 fully saturated rings. The van der Waals surface area contributed by atoms with Crippen LogP contribution in [0.1, 0.15) is 31.4 Å². The van der Waals surface area contributed by atoms with Crippen LogP contribution in [0.3, 0.4) is 0 Å². The highest BCUT2D eigenvalue weighted by Crippen LogP contribution is 2.35. The van der Waals surface area contributed by atoms with Gasteiger partial charge < -0.3 is 9.64 Å². The van der Waals surface area contributed by atoms with Crippen LogP contribution in [-0.2, 0) is 10.0 Å². The zero-order valence-corrected chi connectivity index (χ0v) is 17.8. The molecule has 0 spiro atoms. The van der Waals surface area contributed by atoms with Gasteiger partial charge in [0.1, 0.15) is 11.4 Å². The normalized spacial score (nSPS) is 15.2. The smallest absolute Gasteiger partial charge is 0.283 e. The second-order valence-electron chi connectivity index (χ2n) is 7.08. The summed E-state index contributed by atoms with van der Waals surface area (Å²) in [6.45, 7) is 1.57. The maximum atomic E-state index is 13.5. The lowest BCUT2D eigenvalue weighted by Crippen LogP contribution is -2.30. The zero-order chi connectivity index (χ0) is 21.5. The van der Waals surface area contributed by atoms with Gasteiger partial charge in [0.2, 0.25) is 0 Å². The molecule has 0 aliphatic carbocycles. The standard InChI is InChI=1S/C20H20ClF2N3O3S/c1-29-18-8-6-14(12-17(18)25-9-3-2-4-10-25)30(27,28)26-16-11-13(21)5-7-15(16)19(24-26)20(22)23/h5-8,11-12,20H,2-4,9-10H2,1H3. The number of halogens is 3. The van der Waals surface area contributed by atoms with Crippen LogP contribution in [0.15, 0.2) is 41.3 Å². The number of fused-ring (bicyclic) bond motifs is 1. The summed E-state index contributed by atoms with van der Waals surface area (Å²) >= 11 is 6.00. The van der Waals surface area contributed by atoms with Gasteiger partial charge in [-0.15, -0.1) is 0 Å². The zero-order valence-electron chi connectivity index (χ0n) is 16.2. The topological polar surface area (TPSA) is 64.4 Å². The molecular weight excluding hydrogens is 436 g/mol. The van der Waals surface area contributed by atoms with E-state index in [-0.39, 0.29) is 20.8 Å². The quantitative estimate of drug-likeness (QED) is 0.549. The van der Waals surface area contributed by atoms with E-state index in [0.717, 1.165) is 32.4 Å². The third kappa shape index (κ3) is 3.60. The number of aromatic nitrogens is 2. The van der Waals surface area contributed by atoms with Gasteiger partial charge in [-0.05, 0) is 55.7 Å². The third-order valence-electron chi connectivity index (χ3n) is 5.22. The van der Waals surface area contributed by atoms with Crippen molar-refractivity contribution in [1.29, 1.82) is 0 Å². The third-order valence-corrected chi connectivity index (χ3v) is 7.04. The first-order valence-corrected chi connectivity index (χ1v) is 11.3. The average Bonchev–Trinajstić information content (AvgIpc) is 3.13. The first-order chi connectivity index (χ1) is 14.3. The Kier molecular flexibility index (Phi) is 5.59. The minimum absolute atomic E-state index is 0.00754. The summed E-state index contributed by atoms with van der Waals surface area (Å²) < 4.78 is 59.8. The largest absolute Gasteiger partial charge is 0.495 e. The maximum absolute atomic E-state index is 13.5. The van der Waals surface area contributed by atoms with Crippen LogP contribution in [0, 0.1) is 0 Å². The summed E-state index contributed by atoms with van der Waals surface area (Å²) in [6, 6.07) is 8.58. The minimum atomic E-state index is -4.25. The molecule has 2 heterocycles. The first-order valence-electron chi connectivity index (χ1n) is 9.48. The molecule has 0 amide bonds. The van der Waals surface area contributed by atoms with Crippen LogP contribution >= 0.6 is 11.6 Å². The van der Waals surface area contributed by atoms with E-state index in [1.807, 2.05) is 0 Å². The molecule has 1 aliphatic rings. The summed E-state index contributed by atoms with van der Waals surface area (Å²) in [5.74, 6) is 0.553. The van der Waals surface area contributed by atoms with E-state index in [1.54, 1.807) is 6.07 Å². The fraction of sp³-hybridized carbons (Fsp3) is 0.350. The van der Waals surface area contributed by atoms with Crippen LogP contribution in [0.5, 0.6) is 5.75 Å². The van der Waals surface area contributed by atoms with Crippen LogP contribution in [-0.4, -0.2) is 37.8 Å². The van der Waals surface area contributed by atoms with Crippen LogP contribution in [0.4, 0.5) is 14.5 Å². The fourth-order valence-electron chi connectivity index (χ4n) is 3.74. The molecule has 30 heavy (non-hydrogen) atoms. The van der Waals surface area contributed by atoms with E-state index in [0.29, 0.717) is 15.5 Å². The van der Waals surface area contributed by atoms with Crippen molar-refractivity contribution in [2.75, 3.05) is 25.1 Å².